The molecule has 0 bridgehead atoms. The lowest BCUT2D eigenvalue weighted by molar-refractivity contribution is 0.0729. The number of likely N-dealkylation sites (tertiary alicyclic amines) is 1. The van der Waals surface area contributed by atoms with Gasteiger partial charge in [-0.15, -0.1) is 0 Å². The molecule has 0 saturated carbocycles. The maximum Gasteiger partial charge on any atom is 0.0702 e. The van der Waals surface area contributed by atoms with Gasteiger partial charge in [0.1, 0.15) is 0 Å². The molecular weight excluding hydrogens is 258 g/mol. The SMILES string of the molecule is CC(C)(C(N)c1cnc2ccccc2c1)N1CCCCC1. The van der Waals surface area contributed by atoms with Crippen LogP contribution < -0.4 is 5.73 Å². The average molecular weight is 283 g/mol. The van der Waals surface area contributed by atoms with Crippen LogP contribution in [0.5, 0.6) is 0 Å². The first-order valence-corrected chi connectivity index (χ1v) is 7.94. The van der Waals surface area contributed by atoms with E-state index >= 15 is 0 Å². The third-order valence-corrected chi connectivity index (χ3v) is 4.90. The highest BCUT2D eigenvalue weighted by atomic mass is 15.2. The lowest BCUT2D eigenvalue weighted by atomic mass is 9.86. The summed E-state index contributed by atoms with van der Waals surface area (Å²) in [5.74, 6) is 0. The second-order valence-electron chi connectivity index (χ2n) is 6.64. The largest absolute Gasteiger partial charge is 0.322 e. The van der Waals surface area contributed by atoms with E-state index < -0.39 is 0 Å². The number of hydrogen-bond acceptors (Lipinski definition) is 3. The maximum atomic E-state index is 6.61. The molecule has 3 nitrogen and oxygen atoms in total. The number of para-hydroxylation sites is 1. The van der Waals surface area contributed by atoms with Crippen molar-refractivity contribution in [3.63, 3.8) is 0 Å². The molecule has 1 unspecified atom stereocenters. The molecule has 0 aliphatic carbocycles. The van der Waals surface area contributed by atoms with Gasteiger partial charge in [0, 0.05) is 23.2 Å². The minimum Gasteiger partial charge on any atom is -0.322 e. The Morgan fingerprint density at radius 3 is 2.62 bits per heavy atom. The molecule has 1 aliphatic heterocycles. The number of hydrogen-bond donors (Lipinski definition) is 1. The lowest BCUT2D eigenvalue weighted by Crippen LogP contribution is -2.53. The first-order chi connectivity index (χ1) is 10.1. The highest BCUT2D eigenvalue weighted by molar-refractivity contribution is 5.78. The predicted molar refractivity (Wildman–Crippen MR) is 88.2 cm³/mol. The van der Waals surface area contributed by atoms with Crippen molar-refractivity contribution in [3.05, 3.63) is 42.1 Å². The molecule has 1 saturated heterocycles. The number of aromatic nitrogens is 1. The van der Waals surface area contributed by atoms with Gasteiger partial charge in [-0.05, 0) is 57.5 Å². The van der Waals surface area contributed by atoms with Crippen LogP contribution in [0.25, 0.3) is 10.9 Å². The van der Waals surface area contributed by atoms with Crippen molar-refractivity contribution in [2.75, 3.05) is 13.1 Å². The molecule has 2 aromatic rings. The summed E-state index contributed by atoms with van der Waals surface area (Å²) in [6.45, 7) is 6.83. The Morgan fingerprint density at radius 1 is 1.14 bits per heavy atom. The summed E-state index contributed by atoms with van der Waals surface area (Å²) in [5, 5.41) is 1.17. The van der Waals surface area contributed by atoms with Crippen LogP contribution in [0.2, 0.25) is 0 Å². The summed E-state index contributed by atoms with van der Waals surface area (Å²) in [4.78, 5) is 7.10. The Kier molecular flexibility index (Phi) is 3.96. The molecule has 2 heterocycles. The van der Waals surface area contributed by atoms with Crippen LogP contribution in [0, 0.1) is 0 Å². The van der Waals surface area contributed by atoms with E-state index in [1.165, 1.54) is 24.6 Å². The third-order valence-electron chi connectivity index (χ3n) is 4.90. The van der Waals surface area contributed by atoms with Gasteiger partial charge in [0.05, 0.1) is 5.52 Å². The smallest absolute Gasteiger partial charge is 0.0702 e. The van der Waals surface area contributed by atoms with Gasteiger partial charge in [-0.25, -0.2) is 0 Å². The molecule has 112 valence electrons. The maximum absolute atomic E-state index is 6.61. The minimum atomic E-state index is -0.0371. The van der Waals surface area contributed by atoms with E-state index in [0.29, 0.717) is 0 Å². The fourth-order valence-electron chi connectivity index (χ4n) is 3.33. The van der Waals surface area contributed by atoms with Crippen LogP contribution >= 0.6 is 0 Å². The van der Waals surface area contributed by atoms with E-state index in [4.69, 9.17) is 5.73 Å². The Balaban J connectivity index is 1.89. The van der Waals surface area contributed by atoms with Gasteiger partial charge < -0.3 is 5.73 Å². The van der Waals surface area contributed by atoms with Crippen molar-refractivity contribution >= 4 is 10.9 Å². The van der Waals surface area contributed by atoms with E-state index in [9.17, 15) is 0 Å². The predicted octanol–water partition coefficient (Wildman–Crippen LogP) is 3.50. The van der Waals surface area contributed by atoms with Crippen molar-refractivity contribution in [3.8, 4) is 0 Å². The Hall–Kier alpha value is -1.45. The summed E-state index contributed by atoms with van der Waals surface area (Å²) < 4.78 is 0. The zero-order chi connectivity index (χ0) is 14.9. The average Bonchev–Trinajstić information content (AvgIpc) is 2.54. The summed E-state index contributed by atoms with van der Waals surface area (Å²) in [6.07, 6.45) is 5.86. The standard InChI is InChI=1S/C18H25N3/c1-18(2,21-10-6-3-7-11-21)17(19)15-12-14-8-4-5-9-16(14)20-13-15/h4-5,8-9,12-13,17H,3,6-7,10-11,19H2,1-2H3. The first kappa shape index (κ1) is 14.5. The molecule has 1 fully saturated rings. The van der Waals surface area contributed by atoms with Crippen LogP contribution in [0.4, 0.5) is 0 Å². The monoisotopic (exact) mass is 283 g/mol. The molecule has 0 amide bonds. The molecule has 0 radical (unpaired) electrons. The quantitative estimate of drug-likeness (QED) is 0.937. The zero-order valence-electron chi connectivity index (χ0n) is 13.0. The summed E-state index contributed by atoms with van der Waals surface area (Å²) in [7, 11) is 0. The van der Waals surface area contributed by atoms with Crippen LogP contribution in [-0.4, -0.2) is 28.5 Å². The summed E-state index contributed by atoms with van der Waals surface area (Å²) in [6, 6.07) is 10.4. The molecular formula is C18H25N3. The number of pyridine rings is 1. The van der Waals surface area contributed by atoms with E-state index in [1.807, 2.05) is 18.3 Å². The van der Waals surface area contributed by atoms with Gasteiger partial charge in [0.15, 0.2) is 0 Å². The second kappa shape index (κ2) is 5.74. The minimum absolute atomic E-state index is 0.0206. The molecule has 1 aliphatic rings. The highest BCUT2D eigenvalue weighted by Crippen LogP contribution is 2.32. The third kappa shape index (κ3) is 2.81. The number of nitrogens with zero attached hydrogens (tertiary/aromatic N) is 2. The van der Waals surface area contributed by atoms with E-state index in [2.05, 4.69) is 41.9 Å². The van der Waals surface area contributed by atoms with Crippen molar-refractivity contribution in [2.45, 2.75) is 44.7 Å². The van der Waals surface area contributed by atoms with Gasteiger partial charge in [-0.2, -0.15) is 0 Å². The van der Waals surface area contributed by atoms with Crippen molar-refractivity contribution in [1.82, 2.24) is 9.88 Å². The van der Waals surface area contributed by atoms with E-state index in [-0.39, 0.29) is 11.6 Å². The van der Waals surface area contributed by atoms with Crippen LogP contribution in [-0.2, 0) is 0 Å². The van der Waals surface area contributed by atoms with Crippen LogP contribution in [0.1, 0.15) is 44.7 Å². The molecule has 3 heteroatoms. The normalized spacial score (nSPS) is 18.8. The molecule has 2 N–H and O–H groups in total. The highest BCUT2D eigenvalue weighted by Gasteiger charge is 2.34. The van der Waals surface area contributed by atoms with Crippen molar-refractivity contribution < 1.29 is 0 Å². The number of piperidine rings is 1. The fourth-order valence-corrected chi connectivity index (χ4v) is 3.33. The number of fused-ring (bicyclic) bond motifs is 1. The topological polar surface area (TPSA) is 42.1 Å². The number of rotatable bonds is 3. The van der Waals surface area contributed by atoms with E-state index in [1.54, 1.807) is 0 Å². The zero-order valence-corrected chi connectivity index (χ0v) is 13.0. The molecule has 1 aromatic heterocycles. The van der Waals surface area contributed by atoms with E-state index in [0.717, 1.165) is 24.2 Å². The van der Waals surface area contributed by atoms with Gasteiger partial charge in [-0.3, -0.25) is 9.88 Å². The van der Waals surface area contributed by atoms with Crippen molar-refractivity contribution in [2.24, 2.45) is 5.73 Å². The first-order valence-electron chi connectivity index (χ1n) is 7.94. The second-order valence-corrected chi connectivity index (χ2v) is 6.64. The van der Waals surface area contributed by atoms with Gasteiger partial charge in [0.2, 0.25) is 0 Å². The Bertz CT molecular complexity index is 615. The molecule has 21 heavy (non-hydrogen) atoms. The Morgan fingerprint density at radius 2 is 1.86 bits per heavy atom. The molecule has 1 atom stereocenters. The van der Waals surface area contributed by atoms with Crippen LogP contribution in [0.15, 0.2) is 36.5 Å². The van der Waals surface area contributed by atoms with Gasteiger partial charge in [0.25, 0.3) is 0 Å². The lowest BCUT2D eigenvalue weighted by Gasteiger charge is -2.44. The summed E-state index contributed by atoms with van der Waals surface area (Å²) in [5.41, 5.74) is 8.74. The molecule has 3 rings (SSSR count). The van der Waals surface area contributed by atoms with Gasteiger partial charge >= 0.3 is 0 Å². The number of benzene rings is 1. The molecule has 1 aromatic carbocycles. The Labute approximate surface area is 127 Å². The fraction of sp³-hybridized carbons (Fsp3) is 0.500. The van der Waals surface area contributed by atoms with Crippen LogP contribution in [0.3, 0.4) is 0 Å². The van der Waals surface area contributed by atoms with Crippen molar-refractivity contribution in [1.29, 1.82) is 0 Å². The molecule has 0 spiro atoms. The number of nitrogens with two attached hydrogens (primary N) is 1. The summed E-state index contributed by atoms with van der Waals surface area (Å²) >= 11 is 0. The van der Waals surface area contributed by atoms with Gasteiger partial charge in [-0.1, -0.05) is 24.6 Å².